The van der Waals surface area contributed by atoms with E-state index in [0.29, 0.717) is 5.92 Å². The smallest absolute Gasteiger partial charge is 0.157 e. The van der Waals surface area contributed by atoms with Crippen molar-refractivity contribution in [3.05, 3.63) is 41.0 Å². The highest BCUT2D eigenvalue weighted by Crippen LogP contribution is 2.36. The molecule has 29 heavy (non-hydrogen) atoms. The minimum absolute atomic E-state index is 0. The van der Waals surface area contributed by atoms with Gasteiger partial charge in [0.15, 0.2) is 5.65 Å². The van der Waals surface area contributed by atoms with Crippen LogP contribution in [0.1, 0.15) is 42.4 Å². The van der Waals surface area contributed by atoms with Crippen molar-refractivity contribution >= 4 is 34.9 Å². The molecule has 2 aliphatic heterocycles. The Kier molecular flexibility index (Phi) is 5.67. The fourth-order valence-electron chi connectivity index (χ4n) is 4.95. The molecule has 0 saturated carbocycles. The summed E-state index contributed by atoms with van der Waals surface area (Å²) in [6.45, 7) is 6.02. The Morgan fingerprint density at radius 1 is 1.17 bits per heavy atom. The molecular weight excluding hydrogens is 384 g/mol. The molecule has 0 amide bonds. The Labute approximate surface area is 177 Å². The van der Waals surface area contributed by atoms with Crippen molar-refractivity contribution < 1.29 is 4.74 Å². The summed E-state index contributed by atoms with van der Waals surface area (Å²) in [6, 6.07) is 10.8. The second-order valence-electron chi connectivity index (χ2n) is 8.13. The number of nitrogens with zero attached hydrogens (tertiary/aromatic N) is 4. The van der Waals surface area contributed by atoms with Crippen LogP contribution in [0, 0.1) is 24.2 Å². The van der Waals surface area contributed by atoms with Crippen molar-refractivity contribution in [3.8, 4) is 6.07 Å². The van der Waals surface area contributed by atoms with Gasteiger partial charge in [-0.3, -0.25) is 4.40 Å². The van der Waals surface area contributed by atoms with Gasteiger partial charge in [-0.05, 0) is 68.2 Å². The number of anilines is 1. The molecule has 5 rings (SSSR count). The van der Waals surface area contributed by atoms with E-state index in [2.05, 4.69) is 34.4 Å². The Morgan fingerprint density at radius 3 is 2.62 bits per heavy atom. The van der Waals surface area contributed by atoms with Gasteiger partial charge < -0.3 is 9.64 Å². The number of benzene rings is 1. The van der Waals surface area contributed by atoms with Gasteiger partial charge in [-0.1, -0.05) is 12.1 Å². The number of hydrogen-bond donors (Lipinski definition) is 0. The molecule has 4 heterocycles. The van der Waals surface area contributed by atoms with Crippen molar-refractivity contribution in [3.63, 3.8) is 0 Å². The van der Waals surface area contributed by atoms with E-state index >= 15 is 0 Å². The Hall–Kier alpha value is -2.29. The summed E-state index contributed by atoms with van der Waals surface area (Å²) in [5.41, 5.74) is 6.07. The summed E-state index contributed by atoms with van der Waals surface area (Å²) in [7, 11) is 0. The van der Waals surface area contributed by atoms with Gasteiger partial charge in [0.1, 0.15) is 11.9 Å². The minimum atomic E-state index is 0. The van der Waals surface area contributed by atoms with E-state index in [4.69, 9.17) is 9.72 Å². The molecule has 3 aromatic rings. The first kappa shape index (κ1) is 20.0. The molecule has 6 heteroatoms. The summed E-state index contributed by atoms with van der Waals surface area (Å²) in [6.07, 6.45) is 5.54. The first-order valence-corrected chi connectivity index (χ1v) is 10.4. The highest BCUT2D eigenvalue weighted by atomic mass is 35.5. The van der Waals surface area contributed by atoms with Crippen LogP contribution in [0.2, 0.25) is 0 Å². The number of fused-ring (bicyclic) bond motifs is 3. The minimum Gasteiger partial charge on any atom is -0.381 e. The maximum atomic E-state index is 10.1. The maximum Gasteiger partial charge on any atom is 0.157 e. The van der Waals surface area contributed by atoms with Crippen molar-refractivity contribution in [1.29, 1.82) is 5.26 Å². The lowest BCUT2D eigenvalue weighted by atomic mass is 9.88. The summed E-state index contributed by atoms with van der Waals surface area (Å²) in [5, 5.41) is 10.1. The fourth-order valence-corrected chi connectivity index (χ4v) is 4.95. The highest BCUT2D eigenvalue weighted by Gasteiger charge is 2.27. The zero-order chi connectivity index (χ0) is 19.1. The molecule has 2 aromatic heterocycles. The second-order valence-corrected chi connectivity index (χ2v) is 8.13. The third-order valence-electron chi connectivity index (χ3n) is 6.44. The van der Waals surface area contributed by atoms with E-state index in [1.165, 1.54) is 29.8 Å². The van der Waals surface area contributed by atoms with Crippen molar-refractivity contribution in [2.24, 2.45) is 5.92 Å². The largest absolute Gasteiger partial charge is 0.381 e. The Morgan fingerprint density at radius 2 is 1.90 bits per heavy atom. The quantitative estimate of drug-likeness (QED) is 0.630. The number of ether oxygens (including phenoxy) is 1. The average Bonchev–Trinajstić information content (AvgIpc) is 3.38. The van der Waals surface area contributed by atoms with Gasteiger partial charge in [-0.15, -0.1) is 12.4 Å². The van der Waals surface area contributed by atoms with E-state index in [1.807, 2.05) is 12.1 Å². The lowest BCUT2D eigenvalue weighted by Crippen LogP contribution is -2.24. The fraction of sp³-hybridized carbons (Fsp3) is 0.478. The third kappa shape index (κ3) is 3.35. The number of hydrogen-bond acceptors (Lipinski definition) is 4. The third-order valence-corrected chi connectivity index (χ3v) is 6.44. The molecule has 0 N–H and O–H groups in total. The lowest BCUT2D eigenvalue weighted by Gasteiger charge is -2.27. The van der Waals surface area contributed by atoms with Crippen LogP contribution in [0.5, 0.6) is 0 Å². The molecule has 152 valence electrons. The van der Waals surface area contributed by atoms with Crippen LogP contribution >= 0.6 is 12.4 Å². The van der Waals surface area contributed by atoms with Crippen LogP contribution in [0.3, 0.4) is 0 Å². The number of pyridine rings is 1. The van der Waals surface area contributed by atoms with Crippen molar-refractivity contribution in [2.45, 2.75) is 39.0 Å². The van der Waals surface area contributed by atoms with E-state index in [9.17, 15) is 5.26 Å². The van der Waals surface area contributed by atoms with E-state index in [0.717, 1.165) is 67.8 Å². The van der Waals surface area contributed by atoms with Crippen LogP contribution in [-0.2, 0) is 11.2 Å². The van der Waals surface area contributed by atoms with Gasteiger partial charge >= 0.3 is 0 Å². The molecule has 0 spiro atoms. The second kappa shape index (κ2) is 8.22. The first-order chi connectivity index (χ1) is 13.8. The molecule has 2 aliphatic rings. The van der Waals surface area contributed by atoms with E-state index in [1.54, 1.807) is 0 Å². The number of nitriles is 1. The number of para-hydroxylation sites is 2. The van der Waals surface area contributed by atoms with Gasteiger partial charge in [-0.25, -0.2) is 4.98 Å². The van der Waals surface area contributed by atoms with Crippen LogP contribution in [-0.4, -0.2) is 35.7 Å². The highest BCUT2D eigenvalue weighted by molar-refractivity contribution is 5.86. The van der Waals surface area contributed by atoms with Gasteiger partial charge in [0.25, 0.3) is 0 Å². The molecule has 0 atom stereocenters. The molecule has 2 fully saturated rings. The molecule has 0 aliphatic carbocycles. The molecule has 1 aromatic carbocycles. The Balaban J connectivity index is 0.00000205. The summed E-state index contributed by atoms with van der Waals surface area (Å²) < 4.78 is 7.79. The average molecular weight is 411 g/mol. The van der Waals surface area contributed by atoms with Gasteiger partial charge in [0, 0.05) is 26.3 Å². The molecular formula is C23H27ClN4O. The molecule has 5 nitrogen and oxygen atoms in total. The SMILES string of the molecule is Cc1c(CC2CCOCC2)c(C#N)c2nc3ccccc3n2c1N1CCCC1.Cl. The van der Waals surface area contributed by atoms with E-state index < -0.39 is 0 Å². The monoisotopic (exact) mass is 410 g/mol. The van der Waals surface area contributed by atoms with Crippen LogP contribution < -0.4 is 4.90 Å². The lowest BCUT2D eigenvalue weighted by molar-refractivity contribution is 0.0665. The van der Waals surface area contributed by atoms with Crippen LogP contribution in [0.25, 0.3) is 16.7 Å². The standard InChI is InChI=1S/C23H26N4O.ClH/c1-16-18(14-17-8-12-28-13-9-17)19(15-24)22-25-20-6-2-3-7-21(20)27(22)23(16)26-10-4-5-11-26;/h2-3,6-7,17H,4-5,8-14H2,1H3;1H. The first-order valence-electron chi connectivity index (χ1n) is 10.4. The van der Waals surface area contributed by atoms with Gasteiger partial charge in [0.05, 0.1) is 16.6 Å². The molecule has 0 unspecified atom stereocenters. The summed E-state index contributed by atoms with van der Waals surface area (Å²) in [5.74, 6) is 1.82. The predicted molar refractivity (Wildman–Crippen MR) is 118 cm³/mol. The van der Waals surface area contributed by atoms with Crippen molar-refractivity contribution in [1.82, 2.24) is 9.38 Å². The Bertz CT molecular complexity index is 1070. The number of rotatable bonds is 3. The maximum absolute atomic E-state index is 10.1. The summed E-state index contributed by atoms with van der Waals surface area (Å²) in [4.78, 5) is 7.39. The number of imidazole rings is 1. The van der Waals surface area contributed by atoms with Crippen molar-refractivity contribution in [2.75, 3.05) is 31.2 Å². The number of halogens is 1. The van der Waals surface area contributed by atoms with Crippen LogP contribution in [0.4, 0.5) is 5.82 Å². The zero-order valence-corrected chi connectivity index (χ0v) is 17.7. The normalized spacial score (nSPS) is 17.6. The zero-order valence-electron chi connectivity index (χ0n) is 16.9. The topological polar surface area (TPSA) is 53.6 Å². The molecule has 0 bridgehead atoms. The van der Waals surface area contributed by atoms with Gasteiger partial charge in [-0.2, -0.15) is 5.26 Å². The predicted octanol–water partition coefficient (Wildman–Crippen LogP) is 4.66. The van der Waals surface area contributed by atoms with E-state index in [-0.39, 0.29) is 12.4 Å². The van der Waals surface area contributed by atoms with Crippen LogP contribution in [0.15, 0.2) is 24.3 Å². The molecule has 2 saturated heterocycles. The van der Waals surface area contributed by atoms with Gasteiger partial charge in [0.2, 0.25) is 0 Å². The number of aromatic nitrogens is 2. The molecule has 0 radical (unpaired) electrons. The summed E-state index contributed by atoms with van der Waals surface area (Å²) >= 11 is 0.